The van der Waals surface area contributed by atoms with E-state index in [9.17, 15) is 9.46 Å². The third kappa shape index (κ3) is 30.8. The van der Waals surface area contributed by atoms with Gasteiger partial charge in [0, 0.05) is 13.2 Å². The number of hydrogen-bond donors (Lipinski definition) is 1. The van der Waals surface area contributed by atoms with Crippen LogP contribution in [0.5, 0.6) is 0 Å². The molecule has 0 rings (SSSR count). The Morgan fingerprint density at radius 1 is 0.590 bits per heavy atom. The number of quaternary nitrogens is 1. The van der Waals surface area contributed by atoms with E-state index in [1.54, 1.807) is 0 Å². The van der Waals surface area contributed by atoms with Gasteiger partial charge in [0.25, 0.3) is 0 Å². The van der Waals surface area contributed by atoms with Crippen molar-refractivity contribution in [1.29, 1.82) is 0 Å². The van der Waals surface area contributed by atoms with Crippen molar-refractivity contribution in [2.24, 2.45) is 0 Å². The third-order valence-electron chi connectivity index (χ3n) is 6.99. The van der Waals surface area contributed by atoms with Crippen LogP contribution in [0.1, 0.15) is 136 Å². The molecule has 39 heavy (non-hydrogen) atoms. The van der Waals surface area contributed by atoms with Crippen molar-refractivity contribution in [2.45, 2.75) is 142 Å². The fourth-order valence-corrected chi connectivity index (χ4v) is 5.10. The lowest BCUT2D eigenvalue weighted by atomic mass is 10.0. The average Bonchev–Trinajstić information content (AvgIpc) is 2.87. The molecule has 0 heterocycles. The second-order valence-corrected chi connectivity index (χ2v) is 13.6. The summed E-state index contributed by atoms with van der Waals surface area (Å²) in [6, 6.07) is 0. The van der Waals surface area contributed by atoms with Crippen molar-refractivity contribution in [3.63, 3.8) is 0 Å². The molecule has 0 aliphatic heterocycles. The number of ether oxygens (including phenoxy) is 2. The zero-order chi connectivity index (χ0) is 29.1. The Balaban J connectivity index is 3.83. The van der Waals surface area contributed by atoms with E-state index in [0.717, 1.165) is 25.7 Å². The molecule has 236 valence electrons. The average molecular weight is 581 g/mol. The van der Waals surface area contributed by atoms with Gasteiger partial charge in [0.05, 0.1) is 34.4 Å². The van der Waals surface area contributed by atoms with Crippen LogP contribution < -0.4 is 0 Å². The van der Waals surface area contributed by atoms with Crippen LogP contribution in [0.4, 0.5) is 0 Å². The lowest BCUT2D eigenvalue weighted by molar-refractivity contribution is -0.870. The second kappa shape index (κ2) is 26.9. The molecule has 0 radical (unpaired) electrons. The van der Waals surface area contributed by atoms with Crippen molar-refractivity contribution in [3.8, 4) is 0 Å². The molecule has 0 spiro atoms. The van der Waals surface area contributed by atoms with Gasteiger partial charge in [-0.2, -0.15) is 0 Å². The van der Waals surface area contributed by atoms with Crippen molar-refractivity contribution in [3.05, 3.63) is 0 Å². The first-order chi connectivity index (χ1) is 18.7. The number of unbranched alkanes of at least 4 members (excludes halogenated alkanes) is 17. The van der Waals surface area contributed by atoms with Crippen LogP contribution in [0.15, 0.2) is 0 Å². The minimum absolute atomic E-state index is 0.0107. The predicted molar refractivity (Wildman–Crippen MR) is 164 cm³/mol. The molecule has 2 atom stereocenters. The van der Waals surface area contributed by atoms with Crippen molar-refractivity contribution < 1.29 is 32.5 Å². The molecule has 0 aromatic heterocycles. The number of phosphoric acid groups is 1. The molecule has 0 bridgehead atoms. The number of rotatable bonds is 31. The summed E-state index contributed by atoms with van der Waals surface area (Å²) >= 11 is 0. The molecular formula is C31H67NO6P+. The fourth-order valence-electron chi connectivity index (χ4n) is 4.36. The number of likely N-dealkylation sites (N-methyl/N-ethyl adjacent to an activating group) is 1. The molecule has 0 saturated carbocycles. The van der Waals surface area contributed by atoms with E-state index in [1.165, 1.54) is 96.3 Å². The van der Waals surface area contributed by atoms with Gasteiger partial charge in [-0.1, -0.05) is 123 Å². The normalized spacial score (nSPS) is 14.5. The molecular weight excluding hydrogens is 513 g/mol. The van der Waals surface area contributed by atoms with Gasteiger partial charge in [0.2, 0.25) is 0 Å². The van der Waals surface area contributed by atoms with E-state index in [0.29, 0.717) is 30.8 Å². The van der Waals surface area contributed by atoms with E-state index in [1.807, 2.05) is 21.1 Å². The van der Waals surface area contributed by atoms with Crippen molar-refractivity contribution in [1.82, 2.24) is 0 Å². The van der Waals surface area contributed by atoms with E-state index in [-0.39, 0.29) is 19.3 Å². The monoisotopic (exact) mass is 580 g/mol. The highest BCUT2D eigenvalue weighted by molar-refractivity contribution is 7.47. The molecule has 1 N–H and O–H groups in total. The Morgan fingerprint density at radius 2 is 1.03 bits per heavy atom. The zero-order valence-electron chi connectivity index (χ0n) is 26.6. The van der Waals surface area contributed by atoms with Gasteiger partial charge in [-0.25, -0.2) is 4.57 Å². The number of hydrogen-bond acceptors (Lipinski definition) is 5. The summed E-state index contributed by atoms with van der Waals surface area (Å²) in [6.07, 6.45) is 24.4. The summed E-state index contributed by atoms with van der Waals surface area (Å²) in [7, 11) is 1.91. The van der Waals surface area contributed by atoms with Crippen LogP contribution in [0.3, 0.4) is 0 Å². The summed E-state index contributed by atoms with van der Waals surface area (Å²) in [5.74, 6) is 0. The smallest absolute Gasteiger partial charge is 0.379 e. The minimum Gasteiger partial charge on any atom is -0.379 e. The Hall–Kier alpha value is -0.0100. The van der Waals surface area contributed by atoms with E-state index >= 15 is 0 Å². The maximum absolute atomic E-state index is 12.2. The highest BCUT2D eigenvalue weighted by Gasteiger charge is 2.25. The molecule has 0 aromatic carbocycles. The summed E-state index contributed by atoms with van der Waals surface area (Å²) in [6.45, 7) is 6.85. The van der Waals surface area contributed by atoms with Crippen molar-refractivity contribution >= 4 is 7.82 Å². The molecule has 7 nitrogen and oxygen atoms in total. The van der Waals surface area contributed by atoms with Gasteiger partial charge in [0.15, 0.2) is 0 Å². The Morgan fingerprint density at radius 3 is 1.51 bits per heavy atom. The molecule has 0 amide bonds. The molecule has 0 saturated heterocycles. The standard InChI is InChI=1S/C31H66NO6P/c1-6-8-10-11-12-13-14-15-16-17-18-19-20-21-22-24-26-35-29-31(36-27-23-9-7-2)30-38-39(33,34)37-28-25-32(3,4)5/h31H,6-30H2,1-5H3/p+1/t31-/m1/s1. The highest BCUT2D eigenvalue weighted by atomic mass is 31.2. The zero-order valence-corrected chi connectivity index (χ0v) is 27.5. The molecule has 0 aliphatic carbocycles. The topological polar surface area (TPSA) is 74.2 Å². The second-order valence-electron chi connectivity index (χ2n) is 12.2. The summed E-state index contributed by atoms with van der Waals surface area (Å²) in [5.41, 5.74) is 0. The van der Waals surface area contributed by atoms with E-state index in [2.05, 4.69) is 13.8 Å². The van der Waals surface area contributed by atoms with Crippen LogP contribution in [0, 0.1) is 0 Å². The first-order valence-corrected chi connectivity index (χ1v) is 17.8. The molecule has 0 aliphatic rings. The van der Waals surface area contributed by atoms with Gasteiger partial charge in [-0.05, 0) is 12.8 Å². The maximum Gasteiger partial charge on any atom is 0.472 e. The van der Waals surface area contributed by atoms with Gasteiger partial charge >= 0.3 is 7.82 Å². The molecule has 0 aromatic rings. The van der Waals surface area contributed by atoms with Gasteiger partial charge in [0.1, 0.15) is 19.3 Å². The quantitative estimate of drug-likeness (QED) is 0.0502. The molecule has 1 unspecified atom stereocenters. The Kier molecular flexibility index (Phi) is 26.9. The van der Waals surface area contributed by atoms with Crippen LogP contribution in [-0.2, 0) is 23.1 Å². The lowest BCUT2D eigenvalue weighted by Crippen LogP contribution is -2.37. The van der Waals surface area contributed by atoms with Crippen LogP contribution in [-0.4, -0.2) is 76.2 Å². The summed E-state index contributed by atoms with van der Waals surface area (Å²) < 4.78 is 35.0. The van der Waals surface area contributed by atoms with E-state index < -0.39 is 7.82 Å². The highest BCUT2D eigenvalue weighted by Crippen LogP contribution is 2.43. The third-order valence-corrected chi connectivity index (χ3v) is 7.97. The van der Waals surface area contributed by atoms with E-state index in [4.69, 9.17) is 18.5 Å². The maximum atomic E-state index is 12.2. The first-order valence-electron chi connectivity index (χ1n) is 16.3. The SMILES string of the molecule is CCCCCCCCCCCCCCCCCCOC[C@H](COP(=O)(O)OCC[N+](C)(C)C)OCCCCC. The minimum atomic E-state index is -4.10. The van der Waals surface area contributed by atoms with Crippen molar-refractivity contribution in [2.75, 3.05) is 60.7 Å². The lowest BCUT2D eigenvalue weighted by Gasteiger charge is -2.24. The predicted octanol–water partition coefficient (Wildman–Crippen LogP) is 8.68. The van der Waals surface area contributed by atoms with Gasteiger partial charge in [-0.3, -0.25) is 9.05 Å². The summed E-state index contributed by atoms with van der Waals surface area (Å²) in [5, 5.41) is 0. The van der Waals surface area contributed by atoms with Gasteiger partial charge in [-0.15, -0.1) is 0 Å². The van der Waals surface area contributed by atoms with Crippen LogP contribution in [0.25, 0.3) is 0 Å². The Bertz CT molecular complexity index is 558. The van der Waals surface area contributed by atoms with Crippen LogP contribution >= 0.6 is 7.82 Å². The first kappa shape index (κ1) is 39.0. The van der Waals surface area contributed by atoms with Crippen LogP contribution in [0.2, 0.25) is 0 Å². The fraction of sp³-hybridized carbons (Fsp3) is 1.00. The molecule has 8 heteroatoms. The molecule has 0 fully saturated rings. The Labute approximate surface area is 242 Å². The summed E-state index contributed by atoms with van der Waals surface area (Å²) in [4.78, 5) is 10.0. The number of nitrogens with zero attached hydrogens (tertiary/aromatic N) is 1. The largest absolute Gasteiger partial charge is 0.472 e. The number of phosphoric ester groups is 1. The van der Waals surface area contributed by atoms with Gasteiger partial charge < -0.3 is 18.9 Å².